The predicted octanol–water partition coefficient (Wildman–Crippen LogP) is 2.57. The third kappa shape index (κ3) is 3.86. The van der Waals surface area contributed by atoms with Crippen molar-refractivity contribution in [1.82, 2.24) is 0 Å². The van der Waals surface area contributed by atoms with Crippen LogP contribution in [-0.4, -0.2) is 28.5 Å². The second kappa shape index (κ2) is 7.45. The Labute approximate surface area is 153 Å². The van der Waals surface area contributed by atoms with Crippen LogP contribution in [0.25, 0.3) is 0 Å². The van der Waals surface area contributed by atoms with Crippen LogP contribution in [-0.2, 0) is 0 Å². The minimum absolute atomic E-state index is 0.0644. The number of anilines is 1. The molecule has 0 aliphatic heterocycles. The summed E-state index contributed by atoms with van der Waals surface area (Å²) in [5.41, 5.74) is 1.22. The van der Waals surface area contributed by atoms with Gasteiger partial charge in [0.15, 0.2) is 0 Å². The van der Waals surface area contributed by atoms with E-state index in [0.29, 0.717) is 16.8 Å². The van der Waals surface area contributed by atoms with Crippen LogP contribution in [0.1, 0.15) is 26.3 Å². The quantitative estimate of drug-likeness (QED) is 0.545. The van der Waals surface area contributed by atoms with Crippen molar-refractivity contribution in [2.75, 3.05) is 5.32 Å². The molecule has 3 nitrogen and oxygen atoms in total. The second-order valence-corrected chi connectivity index (χ2v) is 6.83. The van der Waals surface area contributed by atoms with Gasteiger partial charge < -0.3 is 0 Å². The average molecular weight is 395 g/mol. The first-order valence-electron chi connectivity index (χ1n) is 7.61. The van der Waals surface area contributed by atoms with E-state index < -0.39 is 11.7 Å². The molecule has 0 bridgehead atoms. The van der Waals surface area contributed by atoms with Crippen molar-refractivity contribution >= 4 is 38.6 Å². The molecule has 0 fully saturated rings. The Hall–Kier alpha value is -2.71. The molecule has 3 aromatic rings. The summed E-state index contributed by atoms with van der Waals surface area (Å²) in [6.45, 7) is 0. The zero-order chi connectivity index (χ0) is 17.8. The Morgan fingerprint density at radius 1 is 0.840 bits per heavy atom. The molecule has 1 N–H and O–H groups in total. The van der Waals surface area contributed by atoms with Crippen LogP contribution in [0, 0.1) is 5.82 Å². The van der Waals surface area contributed by atoms with Crippen LogP contribution < -0.4 is 9.67 Å². The summed E-state index contributed by atoms with van der Waals surface area (Å²) in [6.07, 6.45) is 0. The summed E-state index contributed by atoms with van der Waals surface area (Å²) in [6, 6.07) is 19.8. The van der Waals surface area contributed by atoms with Gasteiger partial charge >= 0.3 is 153 Å². The summed E-state index contributed by atoms with van der Waals surface area (Å²) >= 11 is 1.38. The first-order chi connectivity index (χ1) is 12.1. The fourth-order valence-electron chi connectivity index (χ4n) is 2.44. The molecule has 5 heteroatoms. The number of nitrogens with one attached hydrogen (secondary N) is 1. The molecule has 3 rings (SSSR count). The van der Waals surface area contributed by atoms with Crippen LogP contribution >= 0.6 is 0 Å². The molecule has 0 saturated heterocycles. The molecule has 0 aliphatic carbocycles. The predicted molar refractivity (Wildman–Crippen MR) is 98.8 cm³/mol. The monoisotopic (exact) mass is 395 g/mol. The SMILES string of the molecule is O=C(Nc1ccc([AsH2])cc1C(=O)c1ccccc1)c1ccccc1F. The van der Waals surface area contributed by atoms with Gasteiger partial charge in [-0.25, -0.2) is 0 Å². The molecule has 0 aliphatic rings. The van der Waals surface area contributed by atoms with Crippen LogP contribution in [0.3, 0.4) is 0 Å². The van der Waals surface area contributed by atoms with Crippen LogP contribution in [0.4, 0.5) is 10.1 Å². The van der Waals surface area contributed by atoms with Gasteiger partial charge in [-0.2, -0.15) is 0 Å². The van der Waals surface area contributed by atoms with E-state index in [4.69, 9.17) is 0 Å². The van der Waals surface area contributed by atoms with Crippen molar-refractivity contribution in [2.24, 2.45) is 0 Å². The van der Waals surface area contributed by atoms with Gasteiger partial charge in [-0.15, -0.1) is 0 Å². The number of hydrogen-bond acceptors (Lipinski definition) is 2. The number of carbonyl (C=O) groups is 2. The average Bonchev–Trinajstić information content (AvgIpc) is 2.63. The first-order valence-corrected chi connectivity index (χ1v) is 8.82. The zero-order valence-corrected chi connectivity index (χ0v) is 15.6. The molecule has 3 aromatic carbocycles. The van der Waals surface area contributed by atoms with Crippen LogP contribution in [0.5, 0.6) is 0 Å². The van der Waals surface area contributed by atoms with Crippen LogP contribution in [0.15, 0.2) is 72.8 Å². The Morgan fingerprint density at radius 3 is 2.24 bits per heavy atom. The molecule has 25 heavy (non-hydrogen) atoms. The van der Waals surface area contributed by atoms with Crippen molar-refractivity contribution in [3.8, 4) is 0 Å². The molecule has 0 aromatic heterocycles. The van der Waals surface area contributed by atoms with Gasteiger partial charge in [0.25, 0.3) is 0 Å². The Morgan fingerprint density at radius 2 is 1.52 bits per heavy atom. The zero-order valence-electron chi connectivity index (χ0n) is 13.2. The molecule has 1 unspecified atom stereocenters. The summed E-state index contributed by atoms with van der Waals surface area (Å²) < 4.78 is 14.8. The molecule has 0 radical (unpaired) electrons. The van der Waals surface area contributed by atoms with Gasteiger partial charge in [0.05, 0.1) is 0 Å². The summed E-state index contributed by atoms with van der Waals surface area (Å²) in [5.74, 6) is -1.38. The summed E-state index contributed by atoms with van der Waals surface area (Å²) in [5, 5.41) is 2.65. The standard InChI is InChI=1S/C20H15AsFNO2/c21-14-10-11-18(23-20(25)15-8-4-5-9-17(15)22)16(12-14)19(24)13-6-2-1-3-7-13/h1-12H,21H2,(H,23,25). The van der Waals surface area contributed by atoms with E-state index in [2.05, 4.69) is 5.32 Å². The third-order valence-corrected chi connectivity index (χ3v) is 4.44. The van der Waals surface area contributed by atoms with Gasteiger partial charge in [-0.05, 0) is 0 Å². The molecule has 1 atom stereocenters. The van der Waals surface area contributed by atoms with E-state index in [9.17, 15) is 14.0 Å². The fourth-order valence-corrected chi connectivity index (χ4v) is 2.99. The molecule has 0 saturated carbocycles. The number of amides is 1. The van der Waals surface area contributed by atoms with Gasteiger partial charge in [-0.1, -0.05) is 0 Å². The second-order valence-electron chi connectivity index (χ2n) is 5.43. The molecular weight excluding hydrogens is 380 g/mol. The first kappa shape index (κ1) is 17.1. The van der Waals surface area contributed by atoms with E-state index in [1.807, 2.05) is 12.1 Å². The van der Waals surface area contributed by atoms with E-state index in [-0.39, 0.29) is 11.3 Å². The maximum atomic E-state index is 13.8. The number of carbonyl (C=O) groups excluding carboxylic acids is 2. The Kier molecular flexibility index (Phi) is 5.10. The number of rotatable bonds is 4. The summed E-state index contributed by atoms with van der Waals surface area (Å²) in [4.78, 5) is 25.2. The topological polar surface area (TPSA) is 46.2 Å². The van der Waals surface area contributed by atoms with Gasteiger partial charge in [-0.3, -0.25) is 0 Å². The number of halogens is 1. The van der Waals surface area contributed by atoms with E-state index in [1.165, 1.54) is 35.1 Å². The molecule has 124 valence electrons. The Balaban J connectivity index is 1.96. The van der Waals surface area contributed by atoms with Gasteiger partial charge in [0.1, 0.15) is 0 Å². The molecule has 1 amide bonds. The van der Waals surface area contributed by atoms with Crippen molar-refractivity contribution < 1.29 is 14.0 Å². The van der Waals surface area contributed by atoms with Crippen molar-refractivity contribution in [2.45, 2.75) is 0 Å². The van der Waals surface area contributed by atoms with Crippen molar-refractivity contribution in [1.29, 1.82) is 0 Å². The number of ketones is 1. The minimum atomic E-state index is -0.605. The summed E-state index contributed by atoms with van der Waals surface area (Å²) in [7, 11) is 0. The molecule has 0 spiro atoms. The van der Waals surface area contributed by atoms with Crippen molar-refractivity contribution in [3.63, 3.8) is 0 Å². The normalized spacial score (nSPS) is 10.3. The number of benzene rings is 3. The van der Waals surface area contributed by atoms with Gasteiger partial charge in [0, 0.05) is 0 Å². The van der Waals surface area contributed by atoms with Crippen molar-refractivity contribution in [3.05, 3.63) is 95.3 Å². The van der Waals surface area contributed by atoms with Crippen LogP contribution in [0.2, 0.25) is 0 Å². The van der Waals surface area contributed by atoms with E-state index >= 15 is 0 Å². The Bertz CT molecular complexity index is 941. The van der Waals surface area contributed by atoms with E-state index in [1.54, 1.807) is 42.5 Å². The molecule has 0 heterocycles. The third-order valence-electron chi connectivity index (χ3n) is 3.69. The number of hydrogen-bond donors (Lipinski definition) is 1. The van der Waals surface area contributed by atoms with Gasteiger partial charge in [0.2, 0.25) is 0 Å². The van der Waals surface area contributed by atoms with E-state index in [0.717, 1.165) is 4.35 Å². The molecular formula is C20H15AsFNO2. The fraction of sp³-hybridized carbons (Fsp3) is 0. The maximum absolute atomic E-state index is 13.8.